The SMILES string of the molecule is O=C(O)n1c(Cl)nc2c(O)cccc2c1=O. The molecule has 0 saturated carbocycles. The topological polar surface area (TPSA) is 92.4 Å². The Morgan fingerprint density at radius 3 is 2.75 bits per heavy atom. The summed E-state index contributed by atoms with van der Waals surface area (Å²) in [6, 6.07) is 4.11. The molecule has 0 aliphatic rings. The third-order valence-electron chi connectivity index (χ3n) is 2.03. The Bertz CT molecular complexity index is 650. The van der Waals surface area contributed by atoms with Gasteiger partial charge in [-0.3, -0.25) is 4.79 Å². The van der Waals surface area contributed by atoms with Gasteiger partial charge in [-0.05, 0) is 23.7 Å². The Morgan fingerprint density at radius 2 is 2.12 bits per heavy atom. The van der Waals surface area contributed by atoms with E-state index in [2.05, 4.69) is 4.98 Å². The van der Waals surface area contributed by atoms with Gasteiger partial charge in [0.25, 0.3) is 5.56 Å². The number of carboxylic acid groups (broad SMARTS) is 1. The molecule has 0 amide bonds. The normalized spacial score (nSPS) is 10.6. The maximum absolute atomic E-state index is 11.7. The molecule has 0 atom stereocenters. The number of fused-ring (bicyclic) bond motifs is 1. The van der Waals surface area contributed by atoms with Crippen molar-refractivity contribution in [2.45, 2.75) is 0 Å². The smallest absolute Gasteiger partial charge is 0.421 e. The van der Waals surface area contributed by atoms with E-state index in [0.717, 1.165) is 0 Å². The summed E-state index contributed by atoms with van der Waals surface area (Å²) in [5.41, 5.74) is -0.853. The average molecular weight is 241 g/mol. The van der Waals surface area contributed by atoms with Crippen LogP contribution in [0.1, 0.15) is 0 Å². The zero-order valence-corrected chi connectivity index (χ0v) is 8.47. The van der Waals surface area contributed by atoms with Crippen molar-refractivity contribution in [1.29, 1.82) is 0 Å². The molecule has 1 aromatic heterocycles. The Hall–Kier alpha value is -2.08. The van der Waals surface area contributed by atoms with E-state index in [9.17, 15) is 14.7 Å². The number of halogens is 1. The maximum atomic E-state index is 11.7. The summed E-state index contributed by atoms with van der Waals surface area (Å²) in [5, 5.41) is 17.7. The molecule has 2 aromatic rings. The quantitative estimate of drug-likeness (QED) is 0.677. The molecule has 0 radical (unpaired) electrons. The van der Waals surface area contributed by atoms with Crippen LogP contribution in [0, 0.1) is 0 Å². The number of phenols is 1. The number of nitrogens with zero attached hydrogens (tertiary/aromatic N) is 2. The van der Waals surface area contributed by atoms with Gasteiger partial charge in [0, 0.05) is 0 Å². The van der Waals surface area contributed by atoms with Crippen LogP contribution in [0.25, 0.3) is 10.9 Å². The van der Waals surface area contributed by atoms with Crippen LogP contribution in [0.2, 0.25) is 5.28 Å². The van der Waals surface area contributed by atoms with Gasteiger partial charge in [0.2, 0.25) is 5.28 Å². The zero-order valence-electron chi connectivity index (χ0n) is 7.72. The number of carbonyl (C=O) groups is 1. The van der Waals surface area contributed by atoms with Crippen LogP contribution in [0.5, 0.6) is 5.75 Å². The summed E-state index contributed by atoms with van der Waals surface area (Å²) in [6.45, 7) is 0. The van der Waals surface area contributed by atoms with Crippen LogP contribution in [0.15, 0.2) is 23.0 Å². The largest absolute Gasteiger partial charge is 0.506 e. The van der Waals surface area contributed by atoms with E-state index < -0.39 is 16.9 Å². The molecule has 7 heteroatoms. The lowest BCUT2D eigenvalue weighted by molar-refractivity contribution is 0.195. The third kappa shape index (κ3) is 1.40. The molecule has 0 aliphatic heterocycles. The van der Waals surface area contributed by atoms with Crippen molar-refractivity contribution in [1.82, 2.24) is 9.55 Å². The lowest BCUT2D eigenvalue weighted by Crippen LogP contribution is -2.27. The van der Waals surface area contributed by atoms with Crippen molar-refractivity contribution in [2.75, 3.05) is 0 Å². The molecule has 2 N–H and O–H groups in total. The van der Waals surface area contributed by atoms with E-state index in [-0.39, 0.29) is 16.7 Å². The second kappa shape index (κ2) is 3.49. The van der Waals surface area contributed by atoms with Crippen molar-refractivity contribution in [2.24, 2.45) is 0 Å². The Kier molecular flexibility index (Phi) is 2.28. The lowest BCUT2D eigenvalue weighted by Gasteiger charge is -2.04. The first-order valence-corrected chi connectivity index (χ1v) is 4.53. The Labute approximate surface area is 93.3 Å². The van der Waals surface area contributed by atoms with Gasteiger partial charge in [0.05, 0.1) is 5.39 Å². The molecule has 2 rings (SSSR count). The molecule has 6 nitrogen and oxygen atoms in total. The van der Waals surface area contributed by atoms with Crippen LogP contribution in [0.4, 0.5) is 4.79 Å². The number of aromatic nitrogens is 2. The highest BCUT2D eigenvalue weighted by atomic mass is 35.5. The molecule has 82 valence electrons. The van der Waals surface area contributed by atoms with E-state index >= 15 is 0 Å². The number of para-hydroxylation sites is 1. The first kappa shape index (κ1) is 10.4. The van der Waals surface area contributed by atoms with Crippen LogP contribution in [0.3, 0.4) is 0 Å². The Morgan fingerprint density at radius 1 is 1.44 bits per heavy atom. The number of aromatic hydroxyl groups is 1. The fourth-order valence-electron chi connectivity index (χ4n) is 1.33. The van der Waals surface area contributed by atoms with Crippen molar-refractivity contribution < 1.29 is 15.0 Å². The minimum Gasteiger partial charge on any atom is -0.506 e. The third-order valence-corrected chi connectivity index (χ3v) is 2.28. The number of rotatable bonds is 0. The van der Waals surface area contributed by atoms with Crippen molar-refractivity contribution >= 4 is 28.6 Å². The molecular formula is C9H5ClN2O4. The fraction of sp³-hybridized carbons (Fsp3) is 0. The second-order valence-corrected chi connectivity index (χ2v) is 3.32. The maximum Gasteiger partial charge on any atom is 0.421 e. The van der Waals surface area contributed by atoms with E-state index in [1.165, 1.54) is 18.2 Å². The highest BCUT2D eigenvalue weighted by Gasteiger charge is 2.15. The Balaban J connectivity index is 3.01. The first-order chi connectivity index (χ1) is 7.52. The minimum atomic E-state index is -1.52. The van der Waals surface area contributed by atoms with Gasteiger partial charge < -0.3 is 10.2 Å². The molecule has 0 fully saturated rings. The number of hydrogen-bond donors (Lipinski definition) is 2. The highest BCUT2D eigenvalue weighted by molar-refractivity contribution is 6.29. The summed E-state index contributed by atoms with van der Waals surface area (Å²) in [4.78, 5) is 26.1. The number of hydrogen-bond acceptors (Lipinski definition) is 4. The van der Waals surface area contributed by atoms with E-state index in [1.807, 2.05) is 0 Å². The number of benzene rings is 1. The van der Waals surface area contributed by atoms with E-state index in [0.29, 0.717) is 4.57 Å². The van der Waals surface area contributed by atoms with Gasteiger partial charge in [-0.2, -0.15) is 4.57 Å². The van der Waals surface area contributed by atoms with Crippen molar-refractivity contribution in [3.63, 3.8) is 0 Å². The van der Waals surface area contributed by atoms with Crippen LogP contribution in [-0.4, -0.2) is 25.9 Å². The van der Waals surface area contributed by atoms with Gasteiger partial charge in [-0.15, -0.1) is 0 Å². The summed E-state index contributed by atoms with van der Waals surface area (Å²) >= 11 is 5.54. The molecule has 1 aromatic carbocycles. The molecule has 0 saturated heterocycles. The van der Waals surface area contributed by atoms with Crippen molar-refractivity contribution in [3.8, 4) is 5.75 Å². The van der Waals surface area contributed by atoms with Crippen LogP contribution >= 0.6 is 11.6 Å². The first-order valence-electron chi connectivity index (χ1n) is 4.16. The van der Waals surface area contributed by atoms with Crippen LogP contribution in [-0.2, 0) is 0 Å². The summed E-state index contributed by atoms with van der Waals surface area (Å²) in [7, 11) is 0. The van der Waals surface area contributed by atoms with E-state index in [4.69, 9.17) is 16.7 Å². The van der Waals surface area contributed by atoms with Gasteiger partial charge in [0.15, 0.2) is 0 Å². The molecule has 0 bridgehead atoms. The van der Waals surface area contributed by atoms with Gasteiger partial charge in [-0.1, -0.05) is 6.07 Å². The second-order valence-electron chi connectivity index (χ2n) is 2.98. The fourth-order valence-corrected chi connectivity index (χ4v) is 1.57. The molecule has 0 unspecified atom stereocenters. The average Bonchev–Trinajstić information content (AvgIpc) is 2.19. The molecule has 0 aliphatic carbocycles. The molecule has 16 heavy (non-hydrogen) atoms. The predicted octanol–water partition coefficient (Wildman–Crippen LogP) is 1.28. The summed E-state index contributed by atoms with van der Waals surface area (Å²) in [6.07, 6.45) is -1.52. The molecule has 1 heterocycles. The van der Waals surface area contributed by atoms with Crippen molar-refractivity contribution in [3.05, 3.63) is 33.8 Å². The number of phenolic OH excluding ortho intramolecular Hbond substituents is 1. The molecule has 0 spiro atoms. The highest BCUT2D eigenvalue weighted by Crippen LogP contribution is 2.20. The minimum absolute atomic E-state index is 0.00759. The van der Waals surface area contributed by atoms with Crippen LogP contribution < -0.4 is 5.56 Å². The van der Waals surface area contributed by atoms with Gasteiger partial charge in [0.1, 0.15) is 11.3 Å². The predicted molar refractivity (Wildman–Crippen MR) is 56.1 cm³/mol. The zero-order chi connectivity index (χ0) is 11.9. The van der Waals surface area contributed by atoms with Gasteiger partial charge in [-0.25, -0.2) is 9.78 Å². The summed E-state index contributed by atoms with van der Waals surface area (Å²) in [5.74, 6) is -0.228. The van der Waals surface area contributed by atoms with Gasteiger partial charge >= 0.3 is 6.09 Å². The molecular weight excluding hydrogens is 236 g/mol. The monoisotopic (exact) mass is 240 g/mol. The standard InChI is InChI=1S/C9H5ClN2O4/c10-8-11-6-4(2-1-3-5(6)13)7(14)12(8)9(15)16/h1-3,13H,(H,15,16). The van der Waals surface area contributed by atoms with E-state index in [1.54, 1.807) is 0 Å². The summed E-state index contributed by atoms with van der Waals surface area (Å²) < 4.78 is 0.309. The lowest BCUT2D eigenvalue weighted by atomic mass is 10.2.